The molecule has 4 fully saturated rings. The summed E-state index contributed by atoms with van der Waals surface area (Å²) in [6.45, 7) is 6.82. The summed E-state index contributed by atoms with van der Waals surface area (Å²) in [6, 6.07) is 4.18. The first-order chi connectivity index (χ1) is 11.0. The SMILES string of the molecule is C[C@@H]1CC[C@H]2[C@@H](C)C(c3ccc[nH]3)O[C@@H]3OC4(C)CC[C@@H]1[C@]32O4. The molecule has 1 spiro atoms. The van der Waals surface area contributed by atoms with Crippen molar-refractivity contribution < 1.29 is 14.2 Å². The highest BCUT2D eigenvalue weighted by molar-refractivity contribution is 5.17. The molecule has 8 atom stereocenters. The average molecular weight is 317 g/mol. The number of rotatable bonds is 1. The molecule has 0 radical (unpaired) electrons. The summed E-state index contributed by atoms with van der Waals surface area (Å²) in [5.74, 6) is 1.74. The maximum atomic E-state index is 6.69. The zero-order chi connectivity index (χ0) is 15.8. The minimum Gasteiger partial charge on any atom is -0.363 e. The number of hydrogen-bond donors (Lipinski definition) is 1. The van der Waals surface area contributed by atoms with Crippen LogP contribution in [-0.2, 0) is 14.2 Å². The van der Waals surface area contributed by atoms with Crippen LogP contribution in [0.15, 0.2) is 18.3 Å². The molecule has 126 valence electrons. The van der Waals surface area contributed by atoms with Crippen molar-refractivity contribution in [3.63, 3.8) is 0 Å². The molecule has 2 unspecified atom stereocenters. The first kappa shape index (κ1) is 14.5. The Hall–Kier alpha value is -0.840. The van der Waals surface area contributed by atoms with Crippen LogP contribution in [0.25, 0.3) is 0 Å². The third kappa shape index (κ3) is 1.77. The van der Waals surface area contributed by atoms with Gasteiger partial charge in [-0.15, -0.1) is 0 Å². The molecule has 1 aromatic heterocycles. The molecule has 0 amide bonds. The molecule has 3 aliphatic heterocycles. The second kappa shape index (κ2) is 4.62. The third-order valence-corrected chi connectivity index (χ3v) is 7.12. The van der Waals surface area contributed by atoms with E-state index in [9.17, 15) is 0 Å². The van der Waals surface area contributed by atoms with Crippen molar-refractivity contribution in [2.75, 3.05) is 0 Å². The number of hydrogen-bond acceptors (Lipinski definition) is 3. The van der Waals surface area contributed by atoms with E-state index in [-0.39, 0.29) is 18.0 Å². The Morgan fingerprint density at radius 2 is 2.04 bits per heavy atom. The van der Waals surface area contributed by atoms with Gasteiger partial charge in [0.1, 0.15) is 11.7 Å². The first-order valence-electron chi connectivity index (χ1n) is 9.20. The normalized spacial score (nSPS) is 54.7. The van der Waals surface area contributed by atoms with Crippen LogP contribution < -0.4 is 0 Å². The maximum absolute atomic E-state index is 6.69. The van der Waals surface area contributed by atoms with Gasteiger partial charge in [-0.25, -0.2) is 0 Å². The van der Waals surface area contributed by atoms with Crippen LogP contribution in [0.3, 0.4) is 0 Å². The van der Waals surface area contributed by atoms with Gasteiger partial charge < -0.3 is 19.2 Å². The van der Waals surface area contributed by atoms with Crippen molar-refractivity contribution >= 4 is 0 Å². The van der Waals surface area contributed by atoms with Gasteiger partial charge >= 0.3 is 0 Å². The fourth-order valence-corrected chi connectivity index (χ4v) is 6.05. The number of nitrogens with one attached hydrogen (secondary N) is 1. The highest BCUT2D eigenvalue weighted by Gasteiger charge is 2.71. The number of fused-ring (bicyclic) bond motifs is 1. The monoisotopic (exact) mass is 317 g/mol. The summed E-state index contributed by atoms with van der Waals surface area (Å²) >= 11 is 0. The first-order valence-corrected chi connectivity index (χ1v) is 9.20. The predicted molar refractivity (Wildman–Crippen MR) is 85.5 cm³/mol. The molecule has 3 saturated heterocycles. The van der Waals surface area contributed by atoms with E-state index in [1.54, 1.807) is 0 Å². The fourth-order valence-electron chi connectivity index (χ4n) is 6.05. The highest BCUT2D eigenvalue weighted by Crippen LogP contribution is 2.64. The van der Waals surface area contributed by atoms with Gasteiger partial charge in [0.2, 0.25) is 0 Å². The lowest BCUT2D eigenvalue weighted by atomic mass is 9.56. The van der Waals surface area contributed by atoms with Crippen LogP contribution in [0.5, 0.6) is 0 Å². The average Bonchev–Trinajstić information content (AvgIpc) is 3.10. The smallest absolute Gasteiger partial charge is 0.191 e. The van der Waals surface area contributed by atoms with Crippen molar-refractivity contribution in [1.29, 1.82) is 0 Å². The van der Waals surface area contributed by atoms with E-state index in [4.69, 9.17) is 14.2 Å². The Labute approximate surface area is 137 Å². The zero-order valence-corrected chi connectivity index (χ0v) is 14.2. The van der Waals surface area contributed by atoms with Gasteiger partial charge in [0.15, 0.2) is 12.1 Å². The molecule has 1 saturated carbocycles. The minimum atomic E-state index is -0.458. The van der Waals surface area contributed by atoms with Crippen molar-refractivity contribution in [1.82, 2.24) is 4.98 Å². The molecule has 23 heavy (non-hydrogen) atoms. The summed E-state index contributed by atoms with van der Waals surface area (Å²) in [5.41, 5.74) is 0.936. The Bertz CT molecular complexity index is 602. The molecule has 1 aliphatic carbocycles. The van der Waals surface area contributed by atoms with Gasteiger partial charge in [0.05, 0.1) is 0 Å². The predicted octanol–water partition coefficient (Wildman–Crippen LogP) is 4.01. The van der Waals surface area contributed by atoms with Crippen LogP contribution >= 0.6 is 0 Å². The standard InChI is InChI=1S/C19H27NO3/c1-11-6-7-14-12(2)16(15-5-4-10-20-15)21-17-19(14)13(11)8-9-18(3,22-17)23-19/h4-5,10-14,16-17,20H,6-9H2,1-3H3/t11-,12-,13+,14+,16?,17-,18?,19-/m1/s1. The summed E-state index contributed by atoms with van der Waals surface area (Å²) in [6.07, 6.45) is 6.53. The second-order valence-electron chi connectivity index (χ2n) is 8.39. The molecule has 0 aromatic carbocycles. The Morgan fingerprint density at radius 1 is 1.17 bits per heavy atom. The molecule has 4 heteroatoms. The van der Waals surface area contributed by atoms with E-state index < -0.39 is 5.79 Å². The van der Waals surface area contributed by atoms with E-state index in [0.717, 1.165) is 12.1 Å². The molecular formula is C19H27NO3. The molecule has 5 rings (SSSR count). The Balaban J connectivity index is 1.59. The number of aromatic nitrogens is 1. The van der Waals surface area contributed by atoms with E-state index in [0.29, 0.717) is 23.7 Å². The van der Waals surface area contributed by atoms with Crippen LogP contribution in [0.1, 0.15) is 58.3 Å². The van der Waals surface area contributed by atoms with Gasteiger partial charge in [0.25, 0.3) is 0 Å². The Morgan fingerprint density at radius 3 is 2.83 bits per heavy atom. The maximum Gasteiger partial charge on any atom is 0.191 e. The molecular weight excluding hydrogens is 290 g/mol. The third-order valence-electron chi connectivity index (χ3n) is 7.12. The lowest BCUT2D eigenvalue weighted by Gasteiger charge is -2.58. The molecule has 4 nitrogen and oxygen atoms in total. The van der Waals surface area contributed by atoms with E-state index in [2.05, 4.69) is 31.8 Å². The van der Waals surface area contributed by atoms with Crippen LogP contribution in [0, 0.1) is 23.7 Å². The van der Waals surface area contributed by atoms with Crippen LogP contribution in [0.2, 0.25) is 0 Å². The zero-order valence-electron chi connectivity index (χ0n) is 14.2. The summed E-state index contributed by atoms with van der Waals surface area (Å²) in [4.78, 5) is 3.35. The van der Waals surface area contributed by atoms with Gasteiger partial charge in [0, 0.05) is 18.3 Å². The minimum absolute atomic E-state index is 0.0752. The number of ether oxygens (including phenoxy) is 3. The van der Waals surface area contributed by atoms with Crippen LogP contribution in [0.4, 0.5) is 0 Å². The van der Waals surface area contributed by atoms with E-state index >= 15 is 0 Å². The van der Waals surface area contributed by atoms with E-state index in [1.165, 1.54) is 19.3 Å². The topological polar surface area (TPSA) is 43.5 Å². The number of H-pyrrole nitrogens is 1. The van der Waals surface area contributed by atoms with Crippen molar-refractivity contribution in [2.45, 2.75) is 70.2 Å². The molecule has 2 bridgehead atoms. The van der Waals surface area contributed by atoms with Crippen LogP contribution in [-0.4, -0.2) is 22.7 Å². The summed E-state index contributed by atoms with van der Waals surface area (Å²) < 4.78 is 19.6. The fraction of sp³-hybridized carbons (Fsp3) is 0.789. The molecule has 4 aliphatic rings. The van der Waals surface area contributed by atoms with Gasteiger partial charge in [-0.2, -0.15) is 0 Å². The summed E-state index contributed by atoms with van der Waals surface area (Å²) in [7, 11) is 0. The molecule has 1 N–H and O–H groups in total. The van der Waals surface area contributed by atoms with Crippen molar-refractivity contribution in [3.8, 4) is 0 Å². The lowest BCUT2D eigenvalue weighted by molar-refractivity contribution is -0.290. The van der Waals surface area contributed by atoms with E-state index in [1.807, 2.05) is 12.3 Å². The molecule has 4 heterocycles. The van der Waals surface area contributed by atoms with Gasteiger partial charge in [-0.05, 0) is 62.0 Å². The van der Waals surface area contributed by atoms with Gasteiger partial charge in [-0.1, -0.05) is 13.8 Å². The largest absolute Gasteiger partial charge is 0.363 e. The van der Waals surface area contributed by atoms with Crippen molar-refractivity contribution in [2.24, 2.45) is 23.7 Å². The summed E-state index contributed by atoms with van der Waals surface area (Å²) in [5, 5.41) is 0. The van der Waals surface area contributed by atoms with Gasteiger partial charge in [-0.3, -0.25) is 0 Å². The highest BCUT2D eigenvalue weighted by atomic mass is 16.8. The van der Waals surface area contributed by atoms with Crippen molar-refractivity contribution in [3.05, 3.63) is 24.0 Å². The molecule has 1 aromatic rings. The lowest BCUT2D eigenvalue weighted by Crippen LogP contribution is -2.64. The second-order valence-corrected chi connectivity index (χ2v) is 8.39. The number of aromatic amines is 1. The Kier molecular flexibility index (Phi) is 2.91. The quantitative estimate of drug-likeness (QED) is 0.851.